The van der Waals surface area contributed by atoms with Crippen LogP contribution in [0.3, 0.4) is 0 Å². The average Bonchev–Trinajstić information content (AvgIpc) is 2.94. The lowest BCUT2D eigenvalue weighted by Crippen LogP contribution is -2.30. The van der Waals surface area contributed by atoms with Crippen LogP contribution >= 0.6 is 15.9 Å². The molecule has 0 fully saturated rings. The highest BCUT2D eigenvalue weighted by atomic mass is 79.9. The molecule has 6 heteroatoms. The SMILES string of the molecule is Cc1c(C(=O)O[C@@H](C)C(=O)Nc2ccc(Br)cc2)oc2ccccc12. The fraction of sp³-hybridized carbons (Fsp3) is 0.158. The summed E-state index contributed by atoms with van der Waals surface area (Å²) in [6.07, 6.45) is -0.955. The molecule has 3 aromatic rings. The Kier molecular flexibility index (Phi) is 4.90. The molecule has 128 valence electrons. The molecule has 0 saturated heterocycles. The third-order valence-electron chi connectivity index (χ3n) is 3.79. The fourth-order valence-corrected chi connectivity index (χ4v) is 2.68. The largest absolute Gasteiger partial charge is 0.449 e. The van der Waals surface area contributed by atoms with Gasteiger partial charge in [0.2, 0.25) is 5.76 Å². The molecular formula is C19H16BrNO4. The highest BCUT2D eigenvalue weighted by Crippen LogP contribution is 2.25. The third-order valence-corrected chi connectivity index (χ3v) is 4.32. The minimum absolute atomic E-state index is 0.115. The van der Waals surface area contributed by atoms with Crippen LogP contribution in [0.2, 0.25) is 0 Å². The quantitative estimate of drug-likeness (QED) is 0.643. The molecular weight excluding hydrogens is 386 g/mol. The second-order valence-electron chi connectivity index (χ2n) is 5.60. The number of furan rings is 1. The Balaban J connectivity index is 1.69. The number of hydrogen-bond donors (Lipinski definition) is 1. The van der Waals surface area contributed by atoms with Crippen molar-refractivity contribution in [3.63, 3.8) is 0 Å². The predicted octanol–water partition coefficient (Wildman–Crippen LogP) is 4.69. The molecule has 1 amide bonds. The summed E-state index contributed by atoms with van der Waals surface area (Å²) in [5.74, 6) is -0.957. The molecule has 1 aromatic heterocycles. The number of hydrogen-bond acceptors (Lipinski definition) is 4. The molecule has 1 N–H and O–H groups in total. The maximum Gasteiger partial charge on any atom is 0.375 e. The van der Waals surface area contributed by atoms with E-state index < -0.39 is 18.0 Å². The number of carbonyl (C=O) groups excluding carboxylic acids is 2. The van der Waals surface area contributed by atoms with Crippen molar-refractivity contribution in [3.8, 4) is 0 Å². The first-order valence-electron chi connectivity index (χ1n) is 7.71. The van der Waals surface area contributed by atoms with Crippen LogP contribution in [0.15, 0.2) is 57.4 Å². The van der Waals surface area contributed by atoms with Crippen LogP contribution in [0.25, 0.3) is 11.0 Å². The maximum absolute atomic E-state index is 12.3. The summed E-state index contributed by atoms with van der Waals surface area (Å²) in [4.78, 5) is 24.5. The number of amides is 1. The van der Waals surface area contributed by atoms with Crippen molar-refractivity contribution in [2.75, 3.05) is 5.32 Å². The van der Waals surface area contributed by atoms with E-state index in [0.717, 1.165) is 9.86 Å². The molecule has 0 spiro atoms. The first-order valence-corrected chi connectivity index (χ1v) is 8.50. The van der Waals surface area contributed by atoms with Gasteiger partial charge in [0.05, 0.1) is 0 Å². The van der Waals surface area contributed by atoms with Crippen LogP contribution in [-0.4, -0.2) is 18.0 Å². The van der Waals surface area contributed by atoms with E-state index in [4.69, 9.17) is 9.15 Å². The van der Waals surface area contributed by atoms with Crippen molar-refractivity contribution in [3.05, 3.63) is 64.3 Å². The van der Waals surface area contributed by atoms with E-state index in [9.17, 15) is 9.59 Å². The molecule has 0 radical (unpaired) electrons. The number of halogens is 1. The Labute approximate surface area is 153 Å². The van der Waals surface area contributed by atoms with E-state index in [0.29, 0.717) is 16.8 Å². The minimum atomic E-state index is -0.955. The molecule has 0 unspecified atom stereocenters. The topological polar surface area (TPSA) is 68.5 Å². The van der Waals surface area contributed by atoms with Crippen molar-refractivity contribution in [2.24, 2.45) is 0 Å². The van der Waals surface area contributed by atoms with E-state index >= 15 is 0 Å². The Morgan fingerprint density at radius 1 is 1.12 bits per heavy atom. The van der Waals surface area contributed by atoms with Gasteiger partial charge in [0.25, 0.3) is 5.91 Å². The number of rotatable bonds is 4. The standard InChI is InChI=1S/C19H16BrNO4/c1-11-15-5-3-4-6-16(15)25-17(11)19(23)24-12(2)18(22)21-14-9-7-13(20)8-10-14/h3-10,12H,1-2H3,(H,21,22)/t12-/m0/s1. The first kappa shape index (κ1) is 17.2. The summed E-state index contributed by atoms with van der Waals surface area (Å²) < 4.78 is 11.7. The van der Waals surface area contributed by atoms with Gasteiger partial charge in [0, 0.05) is 21.1 Å². The Morgan fingerprint density at radius 2 is 1.80 bits per heavy atom. The lowest BCUT2D eigenvalue weighted by atomic mass is 10.1. The lowest BCUT2D eigenvalue weighted by Gasteiger charge is -2.13. The first-order chi connectivity index (χ1) is 12.0. The molecule has 0 aliphatic heterocycles. The monoisotopic (exact) mass is 401 g/mol. The third kappa shape index (κ3) is 3.74. The number of benzene rings is 2. The number of aryl methyl sites for hydroxylation is 1. The second-order valence-corrected chi connectivity index (χ2v) is 6.51. The molecule has 3 rings (SSSR count). The van der Waals surface area contributed by atoms with E-state index in [1.165, 1.54) is 6.92 Å². The van der Waals surface area contributed by atoms with Crippen molar-refractivity contribution in [1.29, 1.82) is 0 Å². The van der Waals surface area contributed by atoms with Crippen molar-refractivity contribution in [1.82, 2.24) is 0 Å². The molecule has 1 heterocycles. The van der Waals surface area contributed by atoms with Crippen LogP contribution in [0.5, 0.6) is 0 Å². The summed E-state index contributed by atoms with van der Waals surface area (Å²) in [6.45, 7) is 3.30. The molecule has 2 aromatic carbocycles. The smallest absolute Gasteiger partial charge is 0.375 e. The van der Waals surface area contributed by atoms with Gasteiger partial charge < -0.3 is 14.5 Å². The van der Waals surface area contributed by atoms with E-state index in [1.807, 2.05) is 30.3 Å². The number of para-hydroxylation sites is 1. The molecule has 0 aliphatic carbocycles. The van der Waals surface area contributed by atoms with Crippen molar-refractivity contribution >= 4 is 44.5 Å². The number of ether oxygens (including phenoxy) is 1. The van der Waals surface area contributed by atoms with Crippen molar-refractivity contribution in [2.45, 2.75) is 20.0 Å². The van der Waals surface area contributed by atoms with Gasteiger partial charge in [-0.3, -0.25) is 4.79 Å². The summed E-state index contributed by atoms with van der Waals surface area (Å²) in [7, 11) is 0. The van der Waals surface area contributed by atoms with Crippen LogP contribution in [0.1, 0.15) is 23.0 Å². The summed E-state index contributed by atoms with van der Waals surface area (Å²) in [6, 6.07) is 14.5. The van der Waals surface area contributed by atoms with Gasteiger partial charge >= 0.3 is 5.97 Å². The van der Waals surface area contributed by atoms with Crippen LogP contribution in [0.4, 0.5) is 5.69 Å². The zero-order valence-electron chi connectivity index (χ0n) is 13.7. The number of nitrogens with one attached hydrogen (secondary N) is 1. The van der Waals surface area contributed by atoms with E-state index in [-0.39, 0.29) is 5.76 Å². The van der Waals surface area contributed by atoms with E-state index in [2.05, 4.69) is 21.2 Å². The Hall–Kier alpha value is -2.60. The second kappa shape index (κ2) is 7.11. The van der Waals surface area contributed by atoms with Gasteiger partial charge in [-0.25, -0.2) is 4.79 Å². The zero-order chi connectivity index (χ0) is 18.0. The minimum Gasteiger partial charge on any atom is -0.449 e. The molecule has 1 atom stereocenters. The van der Waals surface area contributed by atoms with Gasteiger partial charge in [0.15, 0.2) is 6.10 Å². The Bertz CT molecular complexity index is 930. The summed E-state index contributed by atoms with van der Waals surface area (Å²) in [5.41, 5.74) is 1.93. The van der Waals surface area contributed by atoms with Gasteiger partial charge in [-0.05, 0) is 44.2 Å². The van der Waals surface area contributed by atoms with Crippen LogP contribution in [-0.2, 0) is 9.53 Å². The lowest BCUT2D eigenvalue weighted by molar-refractivity contribution is -0.123. The maximum atomic E-state index is 12.3. The highest BCUT2D eigenvalue weighted by Gasteiger charge is 2.24. The summed E-state index contributed by atoms with van der Waals surface area (Å²) >= 11 is 3.33. The molecule has 5 nitrogen and oxygen atoms in total. The average molecular weight is 402 g/mol. The normalized spacial score (nSPS) is 12.0. The van der Waals surface area contributed by atoms with Crippen LogP contribution < -0.4 is 5.32 Å². The number of carbonyl (C=O) groups is 2. The summed E-state index contributed by atoms with van der Waals surface area (Å²) in [5, 5.41) is 3.55. The van der Waals surface area contributed by atoms with Gasteiger partial charge in [-0.1, -0.05) is 34.1 Å². The highest BCUT2D eigenvalue weighted by molar-refractivity contribution is 9.10. The van der Waals surface area contributed by atoms with E-state index in [1.54, 1.807) is 25.1 Å². The fourth-order valence-electron chi connectivity index (χ4n) is 2.41. The molecule has 0 bridgehead atoms. The zero-order valence-corrected chi connectivity index (χ0v) is 15.3. The van der Waals surface area contributed by atoms with Gasteiger partial charge in [-0.2, -0.15) is 0 Å². The van der Waals surface area contributed by atoms with Crippen molar-refractivity contribution < 1.29 is 18.7 Å². The van der Waals surface area contributed by atoms with Gasteiger partial charge in [-0.15, -0.1) is 0 Å². The molecule has 25 heavy (non-hydrogen) atoms. The number of fused-ring (bicyclic) bond motifs is 1. The molecule has 0 aliphatic rings. The predicted molar refractivity (Wildman–Crippen MR) is 98.6 cm³/mol. The number of esters is 1. The van der Waals surface area contributed by atoms with Gasteiger partial charge in [0.1, 0.15) is 5.58 Å². The number of anilines is 1. The van der Waals surface area contributed by atoms with Crippen LogP contribution in [0, 0.1) is 6.92 Å². The Morgan fingerprint density at radius 3 is 2.48 bits per heavy atom. The molecule has 0 saturated carbocycles.